The molecule has 1 amide bonds. The molecule has 4 aromatic rings. The number of aromatic amines is 1. The lowest BCUT2D eigenvalue weighted by molar-refractivity contribution is 0.0627. The number of fused-ring (bicyclic) bond motifs is 1. The molecule has 0 aliphatic carbocycles. The number of carbonyl (C=O) groups excluding carboxylic acids is 1. The molecule has 38 heavy (non-hydrogen) atoms. The quantitative estimate of drug-likeness (QED) is 0.313. The highest BCUT2D eigenvalue weighted by molar-refractivity contribution is 5.97. The van der Waals surface area contributed by atoms with Gasteiger partial charge >= 0.3 is 0 Å². The van der Waals surface area contributed by atoms with E-state index in [2.05, 4.69) is 20.9 Å². The first kappa shape index (κ1) is 25.6. The summed E-state index contributed by atoms with van der Waals surface area (Å²) >= 11 is 0. The fraction of sp³-hybridized carbons (Fsp3) is 0.333. The van der Waals surface area contributed by atoms with Crippen LogP contribution in [0.3, 0.4) is 0 Å². The van der Waals surface area contributed by atoms with Gasteiger partial charge in [-0.3, -0.25) is 9.69 Å². The monoisotopic (exact) mass is 514 g/mol. The Labute approximate surface area is 223 Å². The smallest absolute Gasteiger partial charge is 0.254 e. The van der Waals surface area contributed by atoms with Gasteiger partial charge < -0.3 is 24.1 Å². The van der Waals surface area contributed by atoms with Crippen molar-refractivity contribution >= 4 is 16.9 Å². The first-order valence-corrected chi connectivity index (χ1v) is 13.0. The maximum Gasteiger partial charge on any atom is 0.254 e. The third-order valence-electron chi connectivity index (χ3n) is 6.91. The fourth-order valence-corrected chi connectivity index (χ4v) is 4.78. The molecule has 1 aliphatic heterocycles. The van der Waals surface area contributed by atoms with E-state index in [1.165, 1.54) is 5.56 Å². The van der Waals surface area contributed by atoms with Gasteiger partial charge in [0.2, 0.25) is 0 Å². The molecule has 1 aromatic heterocycles. The Hall–Kier alpha value is -4.04. The minimum absolute atomic E-state index is 0.0629. The van der Waals surface area contributed by atoms with Crippen molar-refractivity contribution in [3.8, 4) is 17.2 Å². The lowest BCUT2D eigenvalue weighted by Gasteiger charge is -2.35. The third kappa shape index (κ3) is 6.08. The average molecular weight is 515 g/mol. The zero-order valence-corrected chi connectivity index (χ0v) is 22.0. The highest BCUT2D eigenvalue weighted by atomic mass is 16.5. The molecule has 0 radical (unpaired) electrons. The number of aryl methyl sites for hydroxylation is 1. The number of H-pyrrole nitrogens is 1. The lowest BCUT2D eigenvalue weighted by atomic mass is 10.1. The zero-order chi connectivity index (χ0) is 26.3. The Morgan fingerprint density at radius 3 is 2.45 bits per heavy atom. The summed E-state index contributed by atoms with van der Waals surface area (Å²) < 4.78 is 16.5. The first-order chi connectivity index (χ1) is 18.6. The number of aromatic nitrogens is 2. The molecule has 5 rings (SSSR count). The van der Waals surface area contributed by atoms with Gasteiger partial charge in [-0.25, -0.2) is 4.98 Å². The molecule has 2 heterocycles. The summed E-state index contributed by atoms with van der Waals surface area (Å²) in [7, 11) is 3.35. The van der Waals surface area contributed by atoms with Crippen molar-refractivity contribution in [1.82, 2.24) is 19.8 Å². The molecule has 3 aromatic carbocycles. The average Bonchev–Trinajstić information content (AvgIpc) is 3.38. The SMILES string of the molecule is COc1ccc(OCCCc2nc3ccc(C(=O)N4CCN(Cc5ccccc5OC)CC4)cc3[nH]2)cc1. The maximum atomic E-state index is 13.2. The summed E-state index contributed by atoms with van der Waals surface area (Å²) in [4.78, 5) is 25.6. The van der Waals surface area contributed by atoms with Gasteiger partial charge in [-0.1, -0.05) is 18.2 Å². The van der Waals surface area contributed by atoms with Crippen LogP contribution in [0.5, 0.6) is 17.2 Å². The molecule has 1 aliphatic rings. The second-order valence-electron chi connectivity index (χ2n) is 9.42. The minimum Gasteiger partial charge on any atom is -0.497 e. The Morgan fingerprint density at radius 1 is 0.921 bits per heavy atom. The molecule has 0 unspecified atom stereocenters. The molecule has 198 valence electrons. The molecule has 8 nitrogen and oxygen atoms in total. The number of benzene rings is 3. The molecular formula is C30H34N4O4. The number of imidazole rings is 1. The van der Waals surface area contributed by atoms with Gasteiger partial charge in [0.15, 0.2) is 0 Å². The number of carbonyl (C=O) groups is 1. The van der Waals surface area contributed by atoms with Gasteiger partial charge in [-0.05, 0) is 55.0 Å². The second-order valence-corrected chi connectivity index (χ2v) is 9.42. The van der Waals surface area contributed by atoms with E-state index in [-0.39, 0.29) is 5.91 Å². The number of hydrogen-bond donors (Lipinski definition) is 1. The van der Waals surface area contributed by atoms with E-state index >= 15 is 0 Å². The van der Waals surface area contributed by atoms with Gasteiger partial charge in [-0.15, -0.1) is 0 Å². The van der Waals surface area contributed by atoms with Gasteiger partial charge in [-0.2, -0.15) is 0 Å². The number of ether oxygens (including phenoxy) is 3. The van der Waals surface area contributed by atoms with E-state index in [1.807, 2.05) is 65.6 Å². The minimum atomic E-state index is 0.0629. The van der Waals surface area contributed by atoms with E-state index in [1.54, 1.807) is 14.2 Å². The number of nitrogens with one attached hydrogen (secondary N) is 1. The highest BCUT2D eigenvalue weighted by Gasteiger charge is 2.23. The van der Waals surface area contributed by atoms with Crippen molar-refractivity contribution in [2.75, 3.05) is 47.0 Å². The van der Waals surface area contributed by atoms with Crippen LogP contribution in [-0.2, 0) is 13.0 Å². The highest BCUT2D eigenvalue weighted by Crippen LogP contribution is 2.22. The molecular weight excluding hydrogens is 480 g/mol. The standard InChI is InChI=1S/C30H34N4O4/c1-36-24-10-12-25(13-11-24)38-19-5-8-29-31-26-14-9-22(20-27(26)32-29)30(35)34-17-15-33(16-18-34)21-23-6-3-4-7-28(23)37-2/h3-4,6-7,9-14,20H,5,8,15-19,21H2,1-2H3,(H,31,32). The maximum absolute atomic E-state index is 13.2. The third-order valence-corrected chi connectivity index (χ3v) is 6.91. The van der Waals surface area contributed by atoms with Crippen molar-refractivity contribution in [2.24, 2.45) is 0 Å². The van der Waals surface area contributed by atoms with Crippen LogP contribution in [-0.4, -0.2) is 72.7 Å². The molecule has 8 heteroatoms. The summed E-state index contributed by atoms with van der Waals surface area (Å²) in [6.07, 6.45) is 1.60. The predicted molar refractivity (Wildman–Crippen MR) is 147 cm³/mol. The Balaban J connectivity index is 1.12. The molecule has 1 fully saturated rings. The van der Waals surface area contributed by atoms with Crippen LogP contribution < -0.4 is 14.2 Å². The lowest BCUT2D eigenvalue weighted by Crippen LogP contribution is -2.48. The van der Waals surface area contributed by atoms with Crippen LogP contribution in [0.15, 0.2) is 66.7 Å². The van der Waals surface area contributed by atoms with Crippen LogP contribution in [0.1, 0.15) is 28.2 Å². The van der Waals surface area contributed by atoms with Gasteiger partial charge in [0, 0.05) is 50.3 Å². The van der Waals surface area contributed by atoms with Crippen molar-refractivity contribution < 1.29 is 19.0 Å². The van der Waals surface area contributed by atoms with Crippen LogP contribution in [0.2, 0.25) is 0 Å². The van der Waals surface area contributed by atoms with Crippen LogP contribution in [0.4, 0.5) is 0 Å². The van der Waals surface area contributed by atoms with Crippen LogP contribution in [0.25, 0.3) is 11.0 Å². The van der Waals surface area contributed by atoms with Crippen molar-refractivity contribution in [3.05, 3.63) is 83.7 Å². The molecule has 0 atom stereocenters. The molecule has 0 spiro atoms. The van der Waals surface area contributed by atoms with E-state index in [4.69, 9.17) is 14.2 Å². The van der Waals surface area contributed by atoms with Crippen LogP contribution >= 0.6 is 0 Å². The van der Waals surface area contributed by atoms with Gasteiger partial charge in [0.1, 0.15) is 23.1 Å². The first-order valence-electron chi connectivity index (χ1n) is 13.0. The number of piperazine rings is 1. The molecule has 1 saturated heterocycles. The zero-order valence-electron chi connectivity index (χ0n) is 22.0. The Kier molecular flexibility index (Phi) is 8.09. The number of hydrogen-bond acceptors (Lipinski definition) is 6. The number of methoxy groups -OCH3 is 2. The molecule has 1 N–H and O–H groups in total. The largest absolute Gasteiger partial charge is 0.497 e. The number of amides is 1. The number of para-hydroxylation sites is 1. The van der Waals surface area contributed by atoms with Gasteiger partial charge in [0.25, 0.3) is 5.91 Å². The van der Waals surface area contributed by atoms with Crippen molar-refractivity contribution in [3.63, 3.8) is 0 Å². The number of rotatable bonds is 10. The Bertz CT molecular complexity index is 1360. The Morgan fingerprint density at radius 2 is 1.68 bits per heavy atom. The number of nitrogens with zero attached hydrogens (tertiary/aromatic N) is 3. The van der Waals surface area contributed by atoms with Crippen LogP contribution in [0, 0.1) is 0 Å². The fourth-order valence-electron chi connectivity index (χ4n) is 4.78. The van der Waals surface area contributed by atoms with Crippen molar-refractivity contribution in [2.45, 2.75) is 19.4 Å². The molecule has 0 saturated carbocycles. The summed E-state index contributed by atoms with van der Waals surface area (Å²) in [5, 5.41) is 0. The topological polar surface area (TPSA) is 79.9 Å². The van der Waals surface area contributed by atoms with E-state index in [0.717, 1.165) is 66.6 Å². The summed E-state index contributed by atoms with van der Waals surface area (Å²) in [5.41, 5.74) is 3.61. The second kappa shape index (κ2) is 12.0. The van der Waals surface area contributed by atoms with E-state index in [9.17, 15) is 4.79 Å². The van der Waals surface area contributed by atoms with E-state index in [0.29, 0.717) is 25.3 Å². The van der Waals surface area contributed by atoms with E-state index < -0.39 is 0 Å². The normalized spacial score (nSPS) is 14.0. The summed E-state index contributed by atoms with van der Waals surface area (Å²) in [6.45, 7) is 4.48. The summed E-state index contributed by atoms with van der Waals surface area (Å²) in [5.74, 6) is 3.49. The predicted octanol–water partition coefficient (Wildman–Crippen LogP) is 4.55. The van der Waals surface area contributed by atoms with Gasteiger partial charge in [0.05, 0.1) is 31.9 Å². The van der Waals surface area contributed by atoms with Crippen molar-refractivity contribution in [1.29, 1.82) is 0 Å². The summed E-state index contributed by atoms with van der Waals surface area (Å²) in [6, 6.07) is 21.4. The molecule has 0 bridgehead atoms.